The summed E-state index contributed by atoms with van der Waals surface area (Å²) in [6.45, 7) is 2.86. The quantitative estimate of drug-likeness (QED) is 0.405. The second kappa shape index (κ2) is 6.42. The van der Waals surface area contributed by atoms with Gasteiger partial charge in [0.25, 0.3) is 5.97 Å². The Hall–Kier alpha value is -1.17. The van der Waals surface area contributed by atoms with Crippen molar-refractivity contribution in [2.24, 2.45) is 0 Å². The van der Waals surface area contributed by atoms with Gasteiger partial charge in [-0.05, 0) is 0 Å². The summed E-state index contributed by atoms with van der Waals surface area (Å²) in [5.74, 6) is -0.992. The van der Waals surface area contributed by atoms with Gasteiger partial charge in [0, 0.05) is 6.92 Å². The molecule has 1 rings (SSSR count). The molecule has 0 amide bonds. The molecular formula is C9H10HgNO5. The number of phenolic OH excluding ortho intramolecular Hbond substituents is 1. The van der Waals surface area contributed by atoms with E-state index >= 15 is 0 Å². The van der Waals surface area contributed by atoms with Crippen LogP contribution in [0.3, 0.4) is 0 Å². The van der Waals surface area contributed by atoms with Crippen LogP contribution in [-0.2, 0) is 30.9 Å². The first-order valence-corrected chi connectivity index (χ1v) is 7.00. The van der Waals surface area contributed by atoms with Gasteiger partial charge in [-0.2, -0.15) is 0 Å². The Morgan fingerprint density at radius 1 is 1.50 bits per heavy atom. The number of aryl methyl sites for hydroxylation is 1. The van der Waals surface area contributed by atoms with Gasteiger partial charge in [-0.1, -0.05) is 0 Å². The number of nitro benzene ring substituents is 1. The van der Waals surface area contributed by atoms with Gasteiger partial charge in [0.15, 0.2) is 0 Å². The standard InChI is InChI=1S/C7H6NO3.C2H4O2.Hg/c1-5-2-3-7(9)6(4-5)8(10)11;1-2(3)4;/h2,4,9H,1H3;1H3,(H,3,4);. The summed E-state index contributed by atoms with van der Waals surface area (Å²) in [5.41, 5.74) is 0.643. The summed E-state index contributed by atoms with van der Waals surface area (Å²) in [4.78, 5) is 18.8. The van der Waals surface area contributed by atoms with Crippen molar-refractivity contribution in [3.05, 3.63) is 27.8 Å². The molecule has 0 unspecified atom stereocenters. The van der Waals surface area contributed by atoms with Crippen LogP contribution >= 0.6 is 0 Å². The van der Waals surface area contributed by atoms with Gasteiger partial charge >= 0.3 is 85.4 Å². The number of aromatic hydroxyl groups is 1. The monoisotopic (exact) mass is 414 g/mol. The van der Waals surface area contributed by atoms with E-state index in [2.05, 4.69) is 0 Å². The number of hydrogen-bond donors (Lipinski definition) is 2. The van der Waals surface area contributed by atoms with Crippen LogP contribution in [0.1, 0.15) is 12.5 Å². The number of nitro groups is 1. The van der Waals surface area contributed by atoms with Crippen molar-refractivity contribution in [2.45, 2.75) is 13.8 Å². The number of hydrogen-bond acceptors (Lipinski definition) is 4. The van der Waals surface area contributed by atoms with E-state index in [1.54, 1.807) is 13.0 Å². The van der Waals surface area contributed by atoms with Gasteiger partial charge in [-0.25, -0.2) is 0 Å². The molecule has 0 atom stereocenters. The zero-order valence-corrected chi connectivity index (χ0v) is 14.4. The topological polar surface area (TPSA) is 101 Å². The molecule has 0 aliphatic heterocycles. The summed E-state index contributed by atoms with van der Waals surface area (Å²) in [6, 6.07) is 3.16. The van der Waals surface area contributed by atoms with Crippen molar-refractivity contribution < 1.29 is 46.1 Å². The molecule has 0 aliphatic rings. The maximum atomic E-state index is 10.4. The van der Waals surface area contributed by atoms with E-state index in [1.165, 1.54) is 6.07 Å². The van der Waals surface area contributed by atoms with Crippen molar-refractivity contribution in [3.63, 3.8) is 0 Å². The molecule has 2 N–H and O–H groups in total. The SMILES string of the molecule is CC(=O)O.Cc1c[c]([Hg])c(O)c([N+](=O)[O-])c1. The third-order valence-electron chi connectivity index (χ3n) is 1.51. The molecule has 16 heavy (non-hydrogen) atoms. The predicted molar refractivity (Wildman–Crippen MR) is 52.4 cm³/mol. The average molecular weight is 413 g/mol. The summed E-state index contributed by atoms with van der Waals surface area (Å²) in [6.07, 6.45) is 0. The van der Waals surface area contributed by atoms with Gasteiger partial charge in [0.05, 0.1) is 0 Å². The van der Waals surface area contributed by atoms with Crippen molar-refractivity contribution in [3.8, 4) is 5.75 Å². The van der Waals surface area contributed by atoms with Gasteiger partial charge in [0.2, 0.25) is 0 Å². The molecule has 1 aromatic carbocycles. The number of nitrogens with zero attached hydrogens (tertiary/aromatic N) is 1. The van der Waals surface area contributed by atoms with Gasteiger partial charge in [-0.3, -0.25) is 4.79 Å². The van der Waals surface area contributed by atoms with E-state index in [0.717, 1.165) is 15.6 Å². The van der Waals surface area contributed by atoms with E-state index in [4.69, 9.17) is 9.90 Å². The third kappa shape index (κ3) is 5.06. The second-order valence-corrected chi connectivity index (χ2v) is 6.03. The zero-order valence-electron chi connectivity index (χ0n) is 8.93. The number of carboxylic acid groups (broad SMARTS) is 1. The minimum atomic E-state index is -0.833. The summed E-state index contributed by atoms with van der Waals surface area (Å²) in [5, 5.41) is 27.1. The molecule has 0 saturated heterocycles. The Balaban J connectivity index is 0.000000487. The molecule has 0 fully saturated rings. The number of benzene rings is 1. The molecule has 0 aliphatic carbocycles. The van der Waals surface area contributed by atoms with Crippen LogP contribution in [0.2, 0.25) is 0 Å². The van der Waals surface area contributed by atoms with Crippen molar-refractivity contribution in [1.29, 1.82) is 0 Å². The predicted octanol–water partition coefficient (Wildman–Crippen LogP) is 0.872. The zero-order chi connectivity index (χ0) is 12.9. The molecule has 1 aromatic rings. The number of phenols is 1. The third-order valence-corrected chi connectivity index (χ3v) is 3.61. The fraction of sp³-hybridized carbons (Fsp3) is 0.222. The van der Waals surface area contributed by atoms with Crippen LogP contribution in [0.25, 0.3) is 0 Å². The first-order chi connectivity index (χ1) is 7.25. The summed E-state index contributed by atoms with van der Waals surface area (Å²) >= 11 is 0.207. The Labute approximate surface area is 108 Å². The molecule has 0 bridgehead atoms. The number of carbonyl (C=O) groups is 1. The van der Waals surface area contributed by atoms with Crippen LogP contribution in [0, 0.1) is 17.0 Å². The second-order valence-electron chi connectivity index (χ2n) is 3.07. The Bertz CT molecular complexity index is 415. The number of aliphatic carboxylic acids is 1. The number of rotatable bonds is 1. The van der Waals surface area contributed by atoms with Crippen LogP contribution in [0.15, 0.2) is 12.1 Å². The first kappa shape index (κ1) is 14.8. The van der Waals surface area contributed by atoms with Crippen LogP contribution < -0.4 is 3.07 Å². The Kier molecular flexibility index (Phi) is 5.95. The molecule has 0 heterocycles. The summed E-state index contributed by atoms with van der Waals surface area (Å²) in [7, 11) is 0. The van der Waals surface area contributed by atoms with Crippen LogP contribution in [0.5, 0.6) is 5.75 Å². The van der Waals surface area contributed by atoms with Crippen LogP contribution in [0.4, 0.5) is 5.69 Å². The molecule has 83 valence electrons. The molecule has 0 saturated carbocycles. The van der Waals surface area contributed by atoms with Gasteiger partial charge in [0.1, 0.15) is 0 Å². The van der Waals surface area contributed by atoms with E-state index in [0.29, 0.717) is 0 Å². The molecule has 0 radical (unpaired) electrons. The van der Waals surface area contributed by atoms with Crippen molar-refractivity contribution in [1.82, 2.24) is 0 Å². The Morgan fingerprint density at radius 2 is 1.94 bits per heavy atom. The van der Waals surface area contributed by atoms with Gasteiger partial charge in [-0.15, -0.1) is 0 Å². The first-order valence-electron chi connectivity index (χ1n) is 4.25. The van der Waals surface area contributed by atoms with Gasteiger partial charge < -0.3 is 5.11 Å². The van der Waals surface area contributed by atoms with Crippen molar-refractivity contribution >= 4 is 14.7 Å². The molecular weight excluding hydrogens is 403 g/mol. The molecule has 0 aromatic heterocycles. The van der Waals surface area contributed by atoms with E-state index in [-0.39, 0.29) is 37.6 Å². The van der Waals surface area contributed by atoms with E-state index in [9.17, 15) is 15.2 Å². The fourth-order valence-electron chi connectivity index (χ4n) is 0.973. The normalized spacial score (nSPS) is 9.00. The number of carboxylic acids is 1. The fourth-order valence-corrected chi connectivity index (χ4v) is 2.93. The maximum absolute atomic E-state index is 10.4. The average Bonchev–Trinajstić information content (AvgIpc) is 2.09. The van der Waals surface area contributed by atoms with E-state index in [1.807, 2.05) is 0 Å². The summed E-state index contributed by atoms with van der Waals surface area (Å²) < 4.78 is 0.724. The molecule has 7 heteroatoms. The Morgan fingerprint density at radius 3 is 2.31 bits per heavy atom. The minimum absolute atomic E-state index is 0.158. The molecule has 0 spiro atoms. The van der Waals surface area contributed by atoms with Crippen molar-refractivity contribution in [2.75, 3.05) is 0 Å². The van der Waals surface area contributed by atoms with E-state index < -0.39 is 10.9 Å². The molecule has 6 nitrogen and oxygen atoms in total. The van der Waals surface area contributed by atoms with Crippen LogP contribution in [-0.4, -0.2) is 21.1 Å².